The van der Waals surface area contributed by atoms with Crippen molar-refractivity contribution in [2.45, 2.75) is 12.8 Å². The van der Waals surface area contributed by atoms with Gasteiger partial charge in [-0.2, -0.15) is 0 Å². The zero-order chi connectivity index (χ0) is 12.5. The standard InChI is InChI=1S/C12H13Cl2NO2/c13-8-2-1-3-9(14)10(8)11(17)15-6-12(7-16)4-5-12/h1-3,16H,4-7H2,(H,15,17). The number of hydrogen-bond acceptors (Lipinski definition) is 2. The summed E-state index contributed by atoms with van der Waals surface area (Å²) in [6.07, 6.45) is 1.89. The third kappa shape index (κ3) is 2.73. The number of halogens is 2. The monoisotopic (exact) mass is 273 g/mol. The van der Waals surface area contributed by atoms with E-state index in [1.807, 2.05) is 0 Å². The molecule has 92 valence electrons. The summed E-state index contributed by atoms with van der Waals surface area (Å²) in [6.45, 7) is 0.563. The Labute approximate surface area is 110 Å². The van der Waals surface area contributed by atoms with Crippen LogP contribution in [0.3, 0.4) is 0 Å². The summed E-state index contributed by atoms with van der Waals surface area (Å²) in [7, 11) is 0. The normalized spacial score (nSPS) is 16.6. The Hall–Kier alpha value is -0.770. The third-order valence-electron chi connectivity index (χ3n) is 3.11. The summed E-state index contributed by atoms with van der Waals surface area (Å²) in [6, 6.07) is 4.94. The van der Waals surface area contributed by atoms with Crippen LogP contribution in [0.15, 0.2) is 18.2 Å². The minimum Gasteiger partial charge on any atom is -0.396 e. The molecule has 1 saturated carbocycles. The van der Waals surface area contributed by atoms with E-state index in [0.29, 0.717) is 22.2 Å². The number of carbonyl (C=O) groups is 1. The molecule has 1 aromatic carbocycles. The van der Waals surface area contributed by atoms with E-state index in [-0.39, 0.29) is 17.9 Å². The lowest BCUT2D eigenvalue weighted by Crippen LogP contribution is -2.32. The average molecular weight is 274 g/mol. The Morgan fingerprint density at radius 2 is 1.94 bits per heavy atom. The Morgan fingerprint density at radius 1 is 1.35 bits per heavy atom. The highest BCUT2D eigenvalue weighted by Crippen LogP contribution is 2.44. The Morgan fingerprint density at radius 3 is 2.41 bits per heavy atom. The van der Waals surface area contributed by atoms with E-state index in [4.69, 9.17) is 28.3 Å². The van der Waals surface area contributed by atoms with Crippen molar-refractivity contribution in [3.63, 3.8) is 0 Å². The van der Waals surface area contributed by atoms with Gasteiger partial charge in [-0.1, -0.05) is 29.3 Å². The van der Waals surface area contributed by atoms with Gasteiger partial charge in [-0.15, -0.1) is 0 Å². The highest BCUT2D eigenvalue weighted by molar-refractivity contribution is 6.39. The van der Waals surface area contributed by atoms with Crippen LogP contribution in [0.1, 0.15) is 23.2 Å². The van der Waals surface area contributed by atoms with Crippen LogP contribution in [-0.4, -0.2) is 24.2 Å². The van der Waals surface area contributed by atoms with Gasteiger partial charge in [0, 0.05) is 12.0 Å². The van der Waals surface area contributed by atoms with Gasteiger partial charge in [-0.25, -0.2) is 0 Å². The molecule has 2 rings (SSSR count). The first-order valence-corrected chi connectivity index (χ1v) is 6.17. The first-order valence-electron chi connectivity index (χ1n) is 5.41. The second kappa shape index (κ2) is 4.84. The number of amides is 1. The Bertz CT molecular complexity index is 424. The molecule has 1 aromatic rings. The van der Waals surface area contributed by atoms with Gasteiger partial charge in [-0.3, -0.25) is 4.79 Å². The second-order valence-electron chi connectivity index (χ2n) is 4.44. The highest BCUT2D eigenvalue weighted by atomic mass is 35.5. The van der Waals surface area contributed by atoms with E-state index < -0.39 is 0 Å². The number of aliphatic hydroxyl groups excluding tert-OH is 1. The van der Waals surface area contributed by atoms with Crippen LogP contribution in [0.5, 0.6) is 0 Å². The maximum Gasteiger partial charge on any atom is 0.254 e. The smallest absolute Gasteiger partial charge is 0.254 e. The summed E-state index contributed by atoms with van der Waals surface area (Å²) < 4.78 is 0. The fourth-order valence-electron chi connectivity index (χ4n) is 1.64. The predicted octanol–water partition coefficient (Wildman–Crippen LogP) is 2.50. The van der Waals surface area contributed by atoms with Crippen LogP contribution in [0.4, 0.5) is 0 Å². The summed E-state index contributed by atoms with van der Waals surface area (Å²) in [5.74, 6) is -0.291. The van der Waals surface area contributed by atoms with Crippen molar-refractivity contribution in [1.29, 1.82) is 0 Å². The van der Waals surface area contributed by atoms with Gasteiger partial charge >= 0.3 is 0 Å². The van der Waals surface area contributed by atoms with Crippen molar-refractivity contribution in [1.82, 2.24) is 5.32 Å². The molecule has 0 aliphatic heterocycles. The molecule has 3 nitrogen and oxygen atoms in total. The zero-order valence-electron chi connectivity index (χ0n) is 9.17. The molecule has 0 bridgehead atoms. The Balaban J connectivity index is 2.05. The SMILES string of the molecule is O=C(NCC1(CO)CC1)c1c(Cl)cccc1Cl. The summed E-state index contributed by atoms with van der Waals surface area (Å²) >= 11 is 11.9. The molecule has 2 N–H and O–H groups in total. The van der Waals surface area contributed by atoms with E-state index in [1.165, 1.54) is 0 Å². The fraction of sp³-hybridized carbons (Fsp3) is 0.417. The van der Waals surface area contributed by atoms with E-state index >= 15 is 0 Å². The maximum atomic E-state index is 11.9. The van der Waals surface area contributed by atoms with Gasteiger partial charge in [0.15, 0.2) is 0 Å². The highest BCUT2D eigenvalue weighted by Gasteiger charge is 2.42. The molecule has 0 spiro atoms. The van der Waals surface area contributed by atoms with Gasteiger partial charge in [0.25, 0.3) is 5.91 Å². The quantitative estimate of drug-likeness (QED) is 0.886. The lowest BCUT2D eigenvalue weighted by atomic mass is 10.1. The molecule has 0 saturated heterocycles. The maximum absolute atomic E-state index is 11.9. The van der Waals surface area contributed by atoms with Crippen LogP contribution in [-0.2, 0) is 0 Å². The van der Waals surface area contributed by atoms with Crippen LogP contribution >= 0.6 is 23.2 Å². The number of nitrogens with one attached hydrogen (secondary N) is 1. The topological polar surface area (TPSA) is 49.3 Å². The number of benzene rings is 1. The molecule has 0 aromatic heterocycles. The minimum atomic E-state index is -0.291. The summed E-state index contributed by atoms with van der Waals surface area (Å²) in [4.78, 5) is 11.9. The molecule has 1 aliphatic carbocycles. The Kier molecular flexibility index (Phi) is 3.61. The molecule has 1 amide bonds. The van der Waals surface area contributed by atoms with Crippen molar-refractivity contribution in [2.24, 2.45) is 5.41 Å². The van der Waals surface area contributed by atoms with E-state index in [2.05, 4.69) is 5.32 Å². The molecule has 0 radical (unpaired) electrons. The van der Waals surface area contributed by atoms with Crippen molar-refractivity contribution in [3.8, 4) is 0 Å². The molecule has 17 heavy (non-hydrogen) atoms. The van der Waals surface area contributed by atoms with Crippen LogP contribution in [0.2, 0.25) is 10.0 Å². The predicted molar refractivity (Wildman–Crippen MR) is 67.5 cm³/mol. The summed E-state index contributed by atoms with van der Waals surface area (Å²) in [5, 5.41) is 12.6. The van der Waals surface area contributed by atoms with Crippen molar-refractivity contribution >= 4 is 29.1 Å². The first kappa shape index (κ1) is 12.7. The van der Waals surface area contributed by atoms with E-state index in [9.17, 15) is 4.79 Å². The number of carbonyl (C=O) groups excluding carboxylic acids is 1. The zero-order valence-corrected chi connectivity index (χ0v) is 10.7. The van der Waals surface area contributed by atoms with Crippen molar-refractivity contribution < 1.29 is 9.90 Å². The van der Waals surface area contributed by atoms with Crippen molar-refractivity contribution in [2.75, 3.05) is 13.2 Å². The molecule has 1 aliphatic rings. The molecule has 1 fully saturated rings. The average Bonchev–Trinajstić information content (AvgIpc) is 3.07. The lowest BCUT2D eigenvalue weighted by molar-refractivity contribution is 0.0935. The summed E-state index contributed by atoms with van der Waals surface area (Å²) in [5.41, 5.74) is 0.174. The fourth-order valence-corrected chi connectivity index (χ4v) is 2.21. The lowest BCUT2D eigenvalue weighted by Gasteiger charge is -2.13. The molecular formula is C12H13Cl2NO2. The van der Waals surface area contributed by atoms with E-state index in [1.54, 1.807) is 18.2 Å². The van der Waals surface area contributed by atoms with Gasteiger partial charge in [0.05, 0.1) is 22.2 Å². The van der Waals surface area contributed by atoms with Gasteiger partial charge in [0.2, 0.25) is 0 Å². The molecule has 0 heterocycles. The second-order valence-corrected chi connectivity index (χ2v) is 5.25. The molecule has 0 atom stereocenters. The minimum absolute atomic E-state index is 0.101. The van der Waals surface area contributed by atoms with Gasteiger partial charge < -0.3 is 10.4 Å². The van der Waals surface area contributed by atoms with Crippen LogP contribution in [0.25, 0.3) is 0 Å². The van der Waals surface area contributed by atoms with Gasteiger partial charge in [-0.05, 0) is 25.0 Å². The van der Waals surface area contributed by atoms with Crippen molar-refractivity contribution in [3.05, 3.63) is 33.8 Å². The van der Waals surface area contributed by atoms with Crippen LogP contribution in [0, 0.1) is 5.41 Å². The number of aliphatic hydroxyl groups is 1. The first-order chi connectivity index (χ1) is 8.08. The van der Waals surface area contributed by atoms with Gasteiger partial charge in [0.1, 0.15) is 0 Å². The number of hydrogen-bond donors (Lipinski definition) is 2. The number of rotatable bonds is 4. The van der Waals surface area contributed by atoms with E-state index in [0.717, 1.165) is 12.8 Å². The molecule has 0 unspecified atom stereocenters. The molecule has 5 heteroatoms. The third-order valence-corrected chi connectivity index (χ3v) is 3.74. The largest absolute Gasteiger partial charge is 0.396 e. The van der Waals surface area contributed by atoms with Crippen LogP contribution < -0.4 is 5.32 Å². The molecular weight excluding hydrogens is 261 g/mol.